The van der Waals surface area contributed by atoms with Crippen molar-refractivity contribution in [3.8, 4) is 0 Å². The van der Waals surface area contributed by atoms with E-state index in [0.717, 1.165) is 0 Å². The highest BCUT2D eigenvalue weighted by molar-refractivity contribution is 5.74. The molecule has 19 heavy (non-hydrogen) atoms. The zero-order chi connectivity index (χ0) is 14.3. The summed E-state index contributed by atoms with van der Waals surface area (Å²) in [4.78, 5) is 24.7. The molecule has 0 spiro atoms. The highest BCUT2D eigenvalue weighted by Gasteiger charge is 2.15. The number of nitrogens with two attached hydrogens (primary N) is 1. The Bertz CT molecular complexity index is 465. The summed E-state index contributed by atoms with van der Waals surface area (Å²) >= 11 is 0. The summed E-state index contributed by atoms with van der Waals surface area (Å²) in [6.45, 7) is 0.271. The van der Waals surface area contributed by atoms with Crippen molar-refractivity contribution in [3.05, 3.63) is 22.2 Å². The number of hydrogen-bond acceptors (Lipinski definition) is 7. The molecule has 1 aromatic heterocycles. The van der Waals surface area contributed by atoms with E-state index in [4.69, 9.17) is 10.5 Å². The fourth-order valence-electron chi connectivity index (χ4n) is 1.28. The van der Waals surface area contributed by atoms with Gasteiger partial charge in [0.1, 0.15) is 12.4 Å². The summed E-state index contributed by atoms with van der Waals surface area (Å²) in [5.74, 6) is 0.0759. The van der Waals surface area contributed by atoms with E-state index in [1.54, 1.807) is 7.05 Å². The molecule has 0 fully saturated rings. The summed E-state index contributed by atoms with van der Waals surface area (Å²) < 4.78 is 4.92. The van der Waals surface area contributed by atoms with Crippen LogP contribution in [0.3, 0.4) is 0 Å². The van der Waals surface area contributed by atoms with E-state index >= 15 is 0 Å². The van der Waals surface area contributed by atoms with Crippen molar-refractivity contribution in [1.29, 1.82) is 0 Å². The standard InChI is InChI=1S/C10H15N5O4/c1-12-9-3-2-7(15(17)18)10(14-9)13-4-5-19-6-8(11)16/h2-3H,4-6H2,1H3,(H2,11,16)(H2,12,13,14). The van der Waals surface area contributed by atoms with Crippen LogP contribution < -0.4 is 16.4 Å². The van der Waals surface area contributed by atoms with E-state index in [1.807, 2.05) is 0 Å². The van der Waals surface area contributed by atoms with Gasteiger partial charge in [0.15, 0.2) is 0 Å². The first-order valence-electron chi connectivity index (χ1n) is 5.47. The van der Waals surface area contributed by atoms with Crippen LogP contribution in [0.2, 0.25) is 0 Å². The molecule has 0 radical (unpaired) electrons. The molecular formula is C10H15N5O4. The van der Waals surface area contributed by atoms with E-state index < -0.39 is 10.8 Å². The lowest BCUT2D eigenvalue weighted by atomic mass is 10.3. The Morgan fingerprint density at radius 1 is 1.58 bits per heavy atom. The minimum atomic E-state index is -0.568. The van der Waals surface area contributed by atoms with Gasteiger partial charge in [-0.25, -0.2) is 4.98 Å². The molecular weight excluding hydrogens is 254 g/mol. The maximum atomic E-state index is 10.8. The fourth-order valence-corrected chi connectivity index (χ4v) is 1.28. The van der Waals surface area contributed by atoms with Crippen LogP contribution in [0.1, 0.15) is 0 Å². The minimum Gasteiger partial charge on any atom is -0.373 e. The van der Waals surface area contributed by atoms with E-state index in [9.17, 15) is 14.9 Å². The maximum absolute atomic E-state index is 10.8. The third-order valence-electron chi connectivity index (χ3n) is 2.11. The predicted molar refractivity (Wildman–Crippen MR) is 68.9 cm³/mol. The highest BCUT2D eigenvalue weighted by atomic mass is 16.6. The first-order valence-corrected chi connectivity index (χ1v) is 5.47. The molecule has 0 aliphatic carbocycles. The maximum Gasteiger partial charge on any atom is 0.311 e. The van der Waals surface area contributed by atoms with E-state index in [0.29, 0.717) is 5.82 Å². The lowest BCUT2D eigenvalue weighted by Gasteiger charge is -2.08. The summed E-state index contributed by atoms with van der Waals surface area (Å²) in [7, 11) is 1.66. The minimum absolute atomic E-state index is 0.131. The molecule has 1 heterocycles. The molecule has 0 saturated carbocycles. The molecule has 0 unspecified atom stereocenters. The van der Waals surface area contributed by atoms with Crippen molar-refractivity contribution in [2.75, 3.05) is 37.4 Å². The van der Waals surface area contributed by atoms with Gasteiger partial charge in [0, 0.05) is 19.7 Å². The van der Waals surface area contributed by atoms with Gasteiger partial charge in [-0.2, -0.15) is 0 Å². The summed E-state index contributed by atoms with van der Waals surface area (Å²) in [6.07, 6.45) is 0. The third-order valence-corrected chi connectivity index (χ3v) is 2.11. The Morgan fingerprint density at radius 3 is 2.89 bits per heavy atom. The number of carbonyl (C=O) groups excluding carboxylic acids is 1. The van der Waals surface area contributed by atoms with Gasteiger partial charge in [0.2, 0.25) is 11.7 Å². The number of ether oxygens (including phenoxy) is 1. The topological polar surface area (TPSA) is 132 Å². The van der Waals surface area contributed by atoms with Crippen LogP contribution in [0.15, 0.2) is 12.1 Å². The van der Waals surface area contributed by atoms with Gasteiger partial charge < -0.3 is 21.1 Å². The van der Waals surface area contributed by atoms with Crippen molar-refractivity contribution in [2.24, 2.45) is 5.73 Å². The molecule has 9 nitrogen and oxygen atoms in total. The number of nitrogens with zero attached hydrogens (tertiary/aromatic N) is 2. The predicted octanol–water partition coefficient (Wildman–Crippen LogP) is -0.0547. The molecule has 9 heteroatoms. The van der Waals surface area contributed by atoms with Crippen LogP contribution in [0.5, 0.6) is 0 Å². The highest BCUT2D eigenvalue weighted by Crippen LogP contribution is 2.23. The number of nitrogens with one attached hydrogen (secondary N) is 2. The summed E-state index contributed by atoms with van der Waals surface area (Å²) in [5.41, 5.74) is 4.76. The quantitative estimate of drug-likeness (QED) is 0.342. The molecule has 0 saturated heterocycles. The zero-order valence-electron chi connectivity index (χ0n) is 10.4. The molecule has 104 valence electrons. The lowest BCUT2D eigenvalue weighted by molar-refractivity contribution is -0.384. The summed E-state index contributed by atoms with van der Waals surface area (Å²) in [6, 6.07) is 2.86. The Balaban J connectivity index is 2.59. The molecule has 4 N–H and O–H groups in total. The lowest BCUT2D eigenvalue weighted by Crippen LogP contribution is -2.21. The number of anilines is 2. The molecule has 0 aliphatic heterocycles. The number of primary amides is 1. The van der Waals surface area contributed by atoms with Crippen molar-refractivity contribution in [3.63, 3.8) is 0 Å². The van der Waals surface area contributed by atoms with E-state index in [1.165, 1.54) is 12.1 Å². The smallest absolute Gasteiger partial charge is 0.311 e. The Kier molecular flexibility index (Phi) is 5.48. The Labute approximate surface area is 109 Å². The second kappa shape index (κ2) is 7.11. The number of hydrogen-bond donors (Lipinski definition) is 3. The number of rotatable bonds is 8. The van der Waals surface area contributed by atoms with Crippen LogP contribution in [0.4, 0.5) is 17.3 Å². The van der Waals surface area contributed by atoms with Crippen LogP contribution in [-0.2, 0) is 9.53 Å². The van der Waals surface area contributed by atoms with Crippen molar-refractivity contribution >= 4 is 23.2 Å². The molecule has 0 bridgehead atoms. The van der Waals surface area contributed by atoms with Crippen LogP contribution in [0, 0.1) is 10.1 Å². The third kappa shape index (κ3) is 4.76. The molecule has 1 amide bonds. The average molecular weight is 269 g/mol. The number of aromatic nitrogens is 1. The monoisotopic (exact) mass is 269 g/mol. The largest absolute Gasteiger partial charge is 0.373 e. The number of pyridine rings is 1. The zero-order valence-corrected chi connectivity index (χ0v) is 10.4. The number of amides is 1. The SMILES string of the molecule is CNc1ccc([N+](=O)[O-])c(NCCOCC(N)=O)n1. The molecule has 1 rings (SSSR count). The van der Waals surface area contributed by atoms with Gasteiger partial charge in [-0.05, 0) is 6.07 Å². The second-order valence-electron chi connectivity index (χ2n) is 3.52. The number of carbonyl (C=O) groups is 1. The van der Waals surface area contributed by atoms with Crippen LogP contribution in [0.25, 0.3) is 0 Å². The van der Waals surface area contributed by atoms with Gasteiger partial charge in [-0.15, -0.1) is 0 Å². The molecule has 1 aromatic rings. The normalized spacial score (nSPS) is 9.95. The fraction of sp³-hybridized carbons (Fsp3) is 0.400. The van der Waals surface area contributed by atoms with Gasteiger partial charge in [-0.3, -0.25) is 14.9 Å². The van der Waals surface area contributed by atoms with E-state index in [-0.39, 0.29) is 31.3 Å². The van der Waals surface area contributed by atoms with Crippen molar-refractivity contribution in [1.82, 2.24) is 4.98 Å². The summed E-state index contributed by atoms with van der Waals surface area (Å²) in [5, 5.41) is 16.4. The molecule has 0 atom stereocenters. The van der Waals surface area contributed by atoms with E-state index in [2.05, 4.69) is 15.6 Å². The van der Waals surface area contributed by atoms with Crippen molar-refractivity contribution < 1.29 is 14.5 Å². The first kappa shape index (κ1) is 14.6. The van der Waals surface area contributed by atoms with Crippen LogP contribution in [-0.4, -0.2) is 42.6 Å². The first-order chi connectivity index (χ1) is 9.04. The second-order valence-corrected chi connectivity index (χ2v) is 3.52. The Hall–Kier alpha value is -2.42. The van der Waals surface area contributed by atoms with Gasteiger partial charge in [-0.1, -0.05) is 0 Å². The van der Waals surface area contributed by atoms with Crippen molar-refractivity contribution in [2.45, 2.75) is 0 Å². The number of nitro groups is 1. The van der Waals surface area contributed by atoms with Gasteiger partial charge in [0.25, 0.3) is 0 Å². The van der Waals surface area contributed by atoms with Crippen LogP contribution >= 0.6 is 0 Å². The molecule has 0 aromatic carbocycles. The van der Waals surface area contributed by atoms with Gasteiger partial charge >= 0.3 is 5.69 Å². The molecule has 0 aliphatic rings. The van der Waals surface area contributed by atoms with Gasteiger partial charge in [0.05, 0.1) is 11.5 Å². The Morgan fingerprint density at radius 2 is 2.32 bits per heavy atom. The average Bonchev–Trinajstić information content (AvgIpc) is 2.37.